The van der Waals surface area contributed by atoms with Crippen molar-refractivity contribution in [1.29, 1.82) is 0 Å². The van der Waals surface area contributed by atoms with Gasteiger partial charge in [-0.2, -0.15) is 8.42 Å². The van der Waals surface area contributed by atoms with Crippen LogP contribution >= 0.6 is 12.0 Å². The first-order valence-electron chi connectivity index (χ1n) is 5.08. The van der Waals surface area contributed by atoms with Crippen LogP contribution in [-0.4, -0.2) is 18.2 Å². The smallest absolute Gasteiger partial charge is 0.282 e. The monoisotopic (exact) mass is 302 g/mol. The number of fused-ring (bicyclic) bond motifs is 1. The molecule has 2 aromatic rings. The maximum Gasteiger partial charge on any atom is 0.294 e. The molecular weight excluding hydrogens is 292 g/mol. The normalized spacial score (nSPS) is 11.9. The molecule has 0 atom stereocenters. The lowest BCUT2D eigenvalue weighted by molar-refractivity contribution is -0.432. The average Bonchev–Trinajstić information content (AvgIpc) is 2.34. The molecule has 2 N–H and O–H groups in total. The molecule has 0 aliphatic heterocycles. The highest BCUT2D eigenvalue weighted by atomic mass is 32.2. The van der Waals surface area contributed by atoms with Crippen molar-refractivity contribution in [2.45, 2.75) is 16.7 Å². The molecule has 0 aliphatic carbocycles. The molecule has 0 spiro atoms. The molecule has 0 heterocycles. The second-order valence-corrected chi connectivity index (χ2v) is 6.02. The van der Waals surface area contributed by atoms with Crippen molar-refractivity contribution in [1.82, 2.24) is 0 Å². The van der Waals surface area contributed by atoms with Gasteiger partial charge < -0.3 is 0 Å². The van der Waals surface area contributed by atoms with E-state index in [0.29, 0.717) is 10.3 Å². The van der Waals surface area contributed by atoms with Gasteiger partial charge in [-0.25, -0.2) is 5.26 Å². The zero-order chi connectivity index (χ0) is 14.0. The molecule has 0 saturated carbocycles. The molecule has 2 aromatic carbocycles. The van der Waals surface area contributed by atoms with Crippen molar-refractivity contribution in [3.8, 4) is 0 Å². The van der Waals surface area contributed by atoms with Crippen LogP contribution in [0.1, 0.15) is 5.56 Å². The van der Waals surface area contributed by atoms with E-state index in [4.69, 9.17) is 9.81 Å². The third-order valence-corrected chi connectivity index (χ3v) is 3.97. The number of benzene rings is 2. The maximum absolute atomic E-state index is 11.1. The fraction of sp³-hybridized carbons (Fsp3) is 0.0909. The van der Waals surface area contributed by atoms with Gasteiger partial charge in [0.25, 0.3) is 10.1 Å². The van der Waals surface area contributed by atoms with Crippen LogP contribution in [0.15, 0.2) is 40.1 Å². The van der Waals surface area contributed by atoms with Crippen LogP contribution in [0.3, 0.4) is 0 Å². The average molecular weight is 302 g/mol. The molecular formula is C11H10O6S2. The highest BCUT2D eigenvalue weighted by molar-refractivity contribution is 7.94. The summed E-state index contributed by atoms with van der Waals surface area (Å²) in [6.45, 7) is 1.85. The predicted molar refractivity (Wildman–Crippen MR) is 69.2 cm³/mol. The largest absolute Gasteiger partial charge is 0.294 e. The zero-order valence-corrected chi connectivity index (χ0v) is 11.4. The number of aryl methyl sites for hydroxylation is 1. The lowest BCUT2D eigenvalue weighted by Gasteiger charge is -2.07. The molecule has 0 aliphatic rings. The molecule has 0 fully saturated rings. The SMILES string of the molecule is Cc1cc(SOOO)cc2cc(S(=O)(=O)O)ccc12. The molecule has 6 nitrogen and oxygen atoms in total. The van der Waals surface area contributed by atoms with Crippen LogP contribution in [0, 0.1) is 6.92 Å². The van der Waals surface area contributed by atoms with E-state index in [-0.39, 0.29) is 4.90 Å². The fourth-order valence-corrected chi connectivity index (χ4v) is 2.79. The number of hydrogen-bond donors (Lipinski definition) is 2. The summed E-state index contributed by atoms with van der Waals surface area (Å²) in [6.07, 6.45) is 0. The minimum atomic E-state index is -4.24. The van der Waals surface area contributed by atoms with Gasteiger partial charge in [0.15, 0.2) is 0 Å². The summed E-state index contributed by atoms with van der Waals surface area (Å²) in [5, 5.41) is 13.1. The second kappa shape index (κ2) is 5.45. The van der Waals surface area contributed by atoms with Crippen LogP contribution in [0.25, 0.3) is 10.8 Å². The Hall–Kier alpha value is -1.16. The summed E-state index contributed by atoms with van der Waals surface area (Å²) >= 11 is 0.779. The third kappa shape index (κ3) is 3.24. The van der Waals surface area contributed by atoms with Gasteiger partial charge in [-0.05, 0) is 47.5 Å². The lowest BCUT2D eigenvalue weighted by atomic mass is 10.1. The Bertz CT molecular complexity index is 710. The van der Waals surface area contributed by atoms with Gasteiger partial charge in [0, 0.05) is 4.90 Å². The molecule has 0 unspecified atom stereocenters. The first-order valence-corrected chi connectivity index (χ1v) is 7.26. The first-order chi connectivity index (χ1) is 8.91. The van der Waals surface area contributed by atoms with E-state index in [9.17, 15) is 8.42 Å². The quantitative estimate of drug-likeness (QED) is 0.388. The summed E-state index contributed by atoms with van der Waals surface area (Å²) < 4.78 is 35.5. The summed E-state index contributed by atoms with van der Waals surface area (Å²) in [7, 11) is -4.24. The van der Waals surface area contributed by atoms with Crippen LogP contribution in [0.4, 0.5) is 0 Å². The van der Waals surface area contributed by atoms with Gasteiger partial charge >= 0.3 is 0 Å². The van der Waals surface area contributed by atoms with Gasteiger partial charge in [-0.1, -0.05) is 11.1 Å². The van der Waals surface area contributed by atoms with Crippen molar-refractivity contribution >= 4 is 32.9 Å². The molecule has 0 saturated heterocycles. The number of hydrogen-bond acceptors (Lipinski definition) is 6. The minimum absolute atomic E-state index is 0.180. The standard InChI is InChI=1S/C11H10O6S2/c1-7-4-9(18-17-16-12)5-8-6-10(19(13,14)15)2-3-11(7)8/h2-6,12H,1H3,(H,13,14,15). The highest BCUT2D eigenvalue weighted by Gasteiger charge is 2.11. The van der Waals surface area contributed by atoms with Crippen LogP contribution in [-0.2, 0) is 19.5 Å². The Balaban J connectivity index is 2.56. The zero-order valence-electron chi connectivity index (χ0n) is 9.73. The highest BCUT2D eigenvalue weighted by Crippen LogP contribution is 2.29. The minimum Gasteiger partial charge on any atom is -0.282 e. The topological polar surface area (TPSA) is 93.1 Å². The Kier molecular flexibility index (Phi) is 4.09. The van der Waals surface area contributed by atoms with Gasteiger partial charge in [-0.15, -0.1) is 4.33 Å². The Labute approximate surface area is 113 Å². The maximum atomic E-state index is 11.1. The van der Waals surface area contributed by atoms with Crippen molar-refractivity contribution in [3.05, 3.63) is 35.9 Å². The molecule has 0 bridgehead atoms. The van der Waals surface area contributed by atoms with Crippen molar-refractivity contribution in [2.24, 2.45) is 0 Å². The molecule has 0 aromatic heterocycles. The third-order valence-electron chi connectivity index (χ3n) is 2.56. The molecule has 8 heteroatoms. The van der Waals surface area contributed by atoms with E-state index in [0.717, 1.165) is 23.0 Å². The van der Waals surface area contributed by atoms with E-state index < -0.39 is 10.1 Å². The summed E-state index contributed by atoms with van der Waals surface area (Å²) in [4.78, 5) is 0.437. The van der Waals surface area contributed by atoms with Crippen LogP contribution in [0.5, 0.6) is 0 Å². The first kappa shape index (κ1) is 14.3. The van der Waals surface area contributed by atoms with Gasteiger partial charge in [0.1, 0.15) is 0 Å². The Morgan fingerprint density at radius 2 is 1.95 bits per heavy atom. The summed E-state index contributed by atoms with van der Waals surface area (Å²) in [6, 6.07) is 7.76. The molecule has 19 heavy (non-hydrogen) atoms. The van der Waals surface area contributed by atoms with Gasteiger partial charge in [0.2, 0.25) is 0 Å². The van der Waals surface area contributed by atoms with E-state index in [1.165, 1.54) is 12.1 Å². The molecule has 2 rings (SSSR count). The van der Waals surface area contributed by atoms with Gasteiger partial charge in [0.05, 0.1) is 16.9 Å². The second-order valence-electron chi connectivity index (χ2n) is 3.82. The summed E-state index contributed by atoms with van der Waals surface area (Å²) in [5.74, 6) is 0. The van der Waals surface area contributed by atoms with Crippen molar-refractivity contribution in [3.63, 3.8) is 0 Å². The van der Waals surface area contributed by atoms with Crippen molar-refractivity contribution < 1.29 is 27.6 Å². The van der Waals surface area contributed by atoms with Crippen molar-refractivity contribution in [2.75, 3.05) is 0 Å². The van der Waals surface area contributed by atoms with E-state index in [2.05, 4.69) is 9.37 Å². The molecule has 0 radical (unpaired) electrons. The predicted octanol–water partition coefficient (Wildman–Crippen LogP) is 2.82. The molecule has 102 valence electrons. The van der Waals surface area contributed by atoms with Crippen LogP contribution < -0.4 is 0 Å². The van der Waals surface area contributed by atoms with Gasteiger partial charge in [-0.3, -0.25) is 4.55 Å². The van der Waals surface area contributed by atoms with E-state index >= 15 is 0 Å². The number of rotatable bonds is 4. The Morgan fingerprint density at radius 1 is 1.21 bits per heavy atom. The van der Waals surface area contributed by atoms with E-state index in [1.54, 1.807) is 18.2 Å². The van der Waals surface area contributed by atoms with Crippen LogP contribution in [0.2, 0.25) is 0 Å². The van der Waals surface area contributed by atoms with E-state index in [1.807, 2.05) is 6.92 Å². The lowest BCUT2D eigenvalue weighted by Crippen LogP contribution is -1.97. The summed E-state index contributed by atoms with van der Waals surface area (Å²) in [5.41, 5.74) is 0.892. The molecule has 0 amide bonds. The Morgan fingerprint density at radius 3 is 2.58 bits per heavy atom. The fourth-order valence-electron chi connectivity index (χ4n) is 1.77.